The summed E-state index contributed by atoms with van der Waals surface area (Å²) >= 11 is 0. The molecule has 0 N–H and O–H groups in total. The van der Waals surface area contributed by atoms with Crippen LogP contribution < -0.4 is 0 Å². The van der Waals surface area contributed by atoms with Crippen LogP contribution in [-0.2, 0) is 0 Å². The molecular weight excluding hydrogens is 194 g/mol. The normalized spacial score (nSPS) is 45.6. The van der Waals surface area contributed by atoms with Gasteiger partial charge in [-0.3, -0.25) is 0 Å². The van der Waals surface area contributed by atoms with Crippen molar-refractivity contribution in [2.75, 3.05) is 13.1 Å². The lowest BCUT2D eigenvalue weighted by Crippen LogP contribution is -2.40. The average molecular weight is 219 g/mol. The van der Waals surface area contributed by atoms with E-state index in [-0.39, 0.29) is 0 Å². The Kier molecular flexibility index (Phi) is 3.24. The molecule has 2 saturated carbocycles. The lowest BCUT2D eigenvalue weighted by Gasteiger charge is -2.42. The Bertz CT molecular complexity index is 238. The second-order valence-corrected chi connectivity index (χ2v) is 6.32. The maximum Gasteiger partial charge on any atom is 0.00982 e. The van der Waals surface area contributed by atoms with E-state index in [2.05, 4.69) is 4.90 Å². The fourth-order valence-electron chi connectivity index (χ4n) is 4.33. The number of rotatable bonds is 1. The van der Waals surface area contributed by atoms with Gasteiger partial charge in [-0.2, -0.15) is 0 Å². The van der Waals surface area contributed by atoms with Crippen molar-refractivity contribution in [2.24, 2.45) is 17.8 Å². The summed E-state index contributed by atoms with van der Waals surface area (Å²) in [5, 5.41) is 0. The van der Waals surface area contributed by atoms with Gasteiger partial charge in [0, 0.05) is 12.6 Å². The molecule has 1 heterocycles. The summed E-state index contributed by atoms with van der Waals surface area (Å²) in [7, 11) is 0. The van der Waals surface area contributed by atoms with Gasteiger partial charge in [0.15, 0.2) is 0 Å². The van der Waals surface area contributed by atoms with Crippen molar-refractivity contribution in [3.8, 4) is 0 Å². The van der Waals surface area contributed by atoms with E-state index in [1.165, 1.54) is 64.5 Å². The second kappa shape index (κ2) is 4.68. The fourth-order valence-corrected chi connectivity index (χ4v) is 4.33. The molecule has 3 fully saturated rings. The molecule has 1 heteroatoms. The van der Waals surface area contributed by atoms with E-state index >= 15 is 0 Å². The first kappa shape index (κ1) is 11.1. The van der Waals surface area contributed by atoms with Gasteiger partial charge < -0.3 is 4.90 Å². The molecule has 4 unspecified atom stereocenters. The van der Waals surface area contributed by atoms with Crippen LogP contribution in [-0.4, -0.2) is 24.0 Å². The molecule has 3 aliphatic rings. The van der Waals surface area contributed by atoms with Crippen molar-refractivity contribution in [3.63, 3.8) is 0 Å². The molecule has 1 aliphatic heterocycles. The number of nitrogens with zero attached hydrogens (tertiary/aromatic N) is 1. The van der Waals surface area contributed by atoms with Gasteiger partial charge >= 0.3 is 0 Å². The van der Waals surface area contributed by atoms with Gasteiger partial charge in [-0.15, -0.1) is 0 Å². The average Bonchev–Trinajstić information content (AvgIpc) is 2.75. The van der Waals surface area contributed by atoms with Crippen LogP contribution >= 0.6 is 0 Å². The van der Waals surface area contributed by atoms with Crippen LogP contribution in [0.15, 0.2) is 0 Å². The summed E-state index contributed by atoms with van der Waals surface area (Å²) in [5.41, 5.74) is 0. The van der Waals surface area contributed by atoms with Crippen molar-refractivity contribution in [3.05, 3.63) is 6.92 Å². The van der Waals surface area contributed by atoms with Crippen molar-refractivity contribution in [1.82, 2.24) is 4.90 Å². The summed E-state index contributed by atoms with van der Waals surface area (Å²) in [6.07, 6.45) is 11.7. The van der Waals surface area contributed by atoms with Crippen molar-refractivity contribution in [2.45, 2.75) is 57.4 Å². The Morgan fingerprint density at radius 2 is 1.69 bits per heavy atom. The van der Waals surface area contributed by atoms with Crippen LogP contribution in [0.5, 0.6) is 0 Å². The first-order valence-electron chi connectivity index (χ1n) is 7.32. The Morgan fingerprint density at radius 3 is 2.44 bits per heavy atom. The van der Waals surface area contributed by atoms with Crippen molar-refractivity contribution in [1.29, 1.82) is 0 Å². The lowest BCUT2D eigenvalue weighted by molar-refractivity contribution is 0.0864. The maximum atomic E-state index is 6.02. The van der Waals surface area contributed by atoms with E-state index < -0.39 is 0 Å². The highest BCUT2D eigenvalue weighted by atomic mass is 15.2. The predicted octanol–water partition coefficient (Wildman–Crippen LogP) is 3.38. The van der Waals surface area contributed by atoms with Crippen LogP contribution in [0.4, 0.5) is 0 Å². The molecule has 0 aromatic rings. The fraction of sp³-hybridized carbons (Fsp3) is 0.933. The van der Waals surface area contributed by atoms with E-state index in [1.54, 1.807) is 0 Å². The zero-order valence-corrected chi connectivity index (χ0v) is 10.4. The number of hydrogen-bond acceptors (Lipinski definition) is 1. The van der Waals surface area contributed by atoms with Gasteiger partial charge in [-0.1, -0.05) is 25.7 Å². The van der Waals surface area contributed by atoms with E-state index in [0.29, 0.717) is 5.92 Å². The molecular formula is C15H25N. The van der Waals surface area contributed by atoms with Crippen LogP contribution in [0.1, 0.15) is 51.4 Å². The molecule has 16 heavy (non-hydrogen) atoms. The minimum atomic E-state index is 0.462. The summed E-state index contributed by atoms with van der Waals surface area (Å²) in [6.45, 7) is 8.46. The molecule has 4 atom stereocenters. The van der Waals surface area contributed by atoms with Crippen LogP contribution in [0.3, 0.4) is 0 Å². The van der Waals surface area contributed by atoms with E-state index in [9.17, 15) is 0 Å². The largest absolute Gasteiger partial charge is 0.300 e. The third-order valence-corrected chi connectivity index (χ3v) is 5.28. The minimum absolute atomic E-state index is 0.462. The van der Waals surface area contributed by atoms with Crippen molar-refractivity contribution < 1.29 is 0 Å². The number of hydrogen-bond donors (Lipinski definition) is 0. The zero-order chi connectivity index (χ0) is 11.0. The molecule has 0 amide bonds. The van der Waals surface area contributed by atoms with E-state index in [4.69, 9.17) is 6.92 Å². The summed E-state index contributed by atoms with van der Waals surface area (Å²) < 4.78 is 0. The molecule has 1 nitrogen and oxygen atoms in total. The first-order chi connectivity index (χ1) is 7.83. The molecule has 3 rings (SSSR count). The quantitative estimate of drug-likeness (QED) is 0.653. The molecule has 0 spiro atoms. The molecule has 0 bridgehead atoms. The Morgan fingerprint density at radius 1 is 0.875 bits per heavy atom. The van der Waals surface area contributed by atoms with Gasteiger partial charge in [-0.25, -0.2) is 0 Å². The SMILES string of the molecule is [CH]C1CCN(C2CCC3CCCCC3C2)C1. The standard InChI is InChI=1S/C15H25N/c1-12-8-9-16(11-12)15-7-6-13-4-2-3-5-14(13)10-15/h1,12-15H,2-11H2. The van der Waals surface area contributed by atoms with Gasteiger partial charge in [0.05, 0.1) is 0 Å². The molecule has 1 saturated heterocycles. The smallest absolute Gasteiger partial charge is 0.00982 e. The van der Waals surface area contributed by atoms with Gasteiger partial charge in [-0.05, 0) is 56.9 Å². The number of likely N-dealkylation sites (tertiary alicyclic amines) is 1. The summed E-state index contributed by atoms with van der Waals surface area (Å²) in [6, 6.07) is 0.882. The van der Waals surface area contributed by atoms with E-state index in [0.717, 1.165) is 17.9 Å². The van der Waals surface area contributed by atoms with Gasteiger partial charge in [0.25, 0.3) is 0 Å². The maximum absolute atomic E-state index is 6.02. The van der Waals surface area contributed by atoms with Crippen LogP contribution in [0.25, 0.3) is 0 Å². The van der Waals surface area contributed by atoms with Crippen LogP contribution in [0.2, 0.25) is 0 Å². The summed E-state index contributed by atoms with van der Waals surface area (Å²) in [5.74, 6) is 2.61. The molecule has 2 radical (unpaired) electrons. The highest BCUT2D eigenvalue weighted by molar-refractivity contribution is 4.90. The molecule has 0 aromatic heterocycles. The topological polar surface area (TPSA) is 3.24 Å². The zero-order valence-electron chi connectivity index (χ0n) is 10.4. The van der Waals surface area contributed by atoms with Gasteiger partial charge in [0.1, 0.15) is 0 Å². The highest BCUT2D eigenvalue weighted by Gasteiger charge is 2.35. The highest BCUT2D eigenvalue weighted by Crippen LogP contribution is 2.42. The first-order valence-corrected chi connectivity index (χ1v) is 7.32. The second-order valence-electron chi connectivity index (χ2n) is 6.32. The van der Waals surface area contributed by atoms with Gasteiger partial charge in [0.2, 0.25) is 0 Å². The molecule has 0 aromatic carbocycles. The van der Waals surface area contributed by atoms with E-state index in [1.807, 2.05) is 0 Å². The monoisotopic (exact) mass is 219 g/mol. The predicted molar refractivity (Wildman–Crippen MR) is 67.1 cm³/mol. The lowest BCUT2D eigenvalue weighted by atomic mass is 9.69. The molecule has 90 valence electrons. The Hall–Kier alpha value is -0.0400. The number of fused-ring (bicyclic) bond motifs is 1. The minimum Gasteiger partial charge on any atom is -0.300 e. The third kappa shape index (κ3) is 2.16. The molecule has 2 aliphatic carbocycles. The third-order valence-electron chi connectivity index (χ3n) is 5.28. The van der Waals surface area contributed by atoms with Crippen molar-refractivity contribution >= 4 is 0 Å². The van der Waals surface area contributed by atoms with Crippen LogP contribution in [0, 0.1) is 24.7 Å². The summed E-state index contributed by atoms with van der Waals surface area (Å²) in [4.78, 5) is 2.69. The Labute approximate surface area is 101 Å². The Balaban J connectivity index is 1.58.